The van der Waals surface area contributed by atoms with Crippen LogP contribution >= 0.6 is 0 Å². The van der Waals surface area contributed by atoms with Crippen molar-refractivity contribution in [3.8, 4) is 0 Å². The minimum Gasteiger partial charge on any atom is -0.351 e. The van der Waals surface area contributed by atoms with Gasteiger partial charge < -0.3 is 10.6 Å². The van der Waals surface area contributed by atoms with E-state index < -0.39 is 0 Å². The lowest BCUT2D eigenvalue weighted by atomic mass is 10.1. The summed E-state index contributed by atoms with van der Waals surface area (Å²) >= 11 is 0. The molecule has 1 aromatic heterocycles. The van der Waals surface area contributed by atoms with Crippen molar-refractivity contribution in [2.24, 2.45) is 5.73 Å². The lowest BCUT2D eigenvalue weighted by Gasteiger charge is -2.29. The predicted octanol–water partition coefficient (Wildman–Crippen LogP) is 2.87. The highest BCUT2D eigenvalue weighted by atomic mass is 15.2. The molecule has 0 bridgehead atoms. The fourth-order valence-electron chi connectivity index (χ4n) is 2.74. The average Bonchev–Trinajstić information content (AvgIpc) is 2.70. The van der Waals surface area contributed by atoms with Gasteiger partial charge in [-0.15, -0.1) is 0 Å². The van der Waals surface area contributed by atoms with Crippen molar-refractivity contribution >= 4 is 5.82 Å². The van der Waals surface area contributed by atoms with Crippen molar-refractivity contribution < 1.29 is 0 Å². The molecule has 3 nitrogen and oxygen atoms in total. The number of hydrogen-bond acceptors (Lipinski definition) is 3. The molecule has 3 heteroatoms. The van der Waals surface area contributed by atoms with Gasteiger partial charge in [0.05, 0.1) is 0 Å². The van der Waals surface area contributed by atoms with Crippen LogP contribution < -0.4 is 10.6 Å². The molecular formula is C14H23N3. The molecule has 1 aliphatic rings. The van der Waals surface area contributed by atoms with Gasteiger partial charge in [0, 0.05) is 24.3 Å². The fraction of sp³-hybridized carbons (Fsp3) is 0.643. The SMILES string of the molecule is CCC1CCC(C)N1c1cc([C@H](C)N)ccn1. The van der Waals surface area contributed by atoms with Gasteiger partial charge in [0.2, 0.25) is 0 Å². The van der Waals surface area contributed by atoms with Crippen LogP contribution in [0.1, 0.15) is 51.6 Å². The van der Waals surface area contributed by atoms with Crippen LogP contribution in [0.5, 0.6) is 0 Å². The Hall–Kier alpha value is -1.09. The van der Waals surface area contributed by atoms with Gasteiger partial charge in [-0.05, 0) is 50.8 Å². The highest BCUT2D eigenvalue weighted by Gasteiger charge is 2.30. The van der Waals surface area contributed by atoms with Crippen LogP contribution in [0.3, 0.4) is 0 Å². The average molecular weight is 233 g/mol. The van der Waals surface area contributed by atoms with E-state index in [1.807, 2.05) is 19.2 Å². The summed E-state index contributed by atoms with van der Waals surface area (Å²) in [5.74, 6) is 1.09. The van der Waals surface area contributed by atoms with Crippen LogP contribution in [-0.2, 0) is 0 Å². The van der Waals surface area contributed by atoms with Gasteiger partial charge in [-0.1, -0.05) is 6.92 Å². The van der Waals surface area contributed by atoms with E-state index in [0.717, 1.165) is 5.82 Å². The first-order valence-corrected chi connectivity index (χ1v) is 6.63. The zero-order valence-corrected chi connectivity index (χ0v) is 11.1. The second kappa shape index (κ2) is 5.05. The molecule has 0 amide bonds. The quantitative estimate of drug-likeness (QED) is 0.873. The molecule has 1 aliphatic heterocycles. The van der Waals surface area contributed by atoms with Gasteiger partial charge >= 0.3 is 0 Å². The molecule has 17 heavy (non-hydrogen) atoms. The van der Waals surface area contributed by atoms with Crippen molar-refractivity contribution in [3.63, 3.8) is 0 Å². The smallest absolute Gasteiger partial charge is 0.129 e. The van der Waals surface area contributed by atoms with Crippen molar-refractivity contribution in [3.05, 3.63) is 23.9 Å². The van der Waals surface area contributed by atoms with Crippen LogP contribution in [0.25, 0.3) is 0 Å². The largest absolute Gasteiger partial charge is 0.351 e. The van der Waals surface area contributed by atoms with Gasteiger partial charge in [0.25, 0.3) is 0 Å². The Morgan fingerprint density at radius 2 is 2.29 bits per heavy atom. The van der Waals surface area contributed by atoms with E-state index in [2.05, 4.69) is 29.8 Å². The third-order valence-electron chi connectivity index (χ3n) is 3.82. The molecule has 0 radical (unpaired) electrons. The maximum absolute atomic E-state index is 5.94. The highest BCUT2D eigenvalue weighted by Crippen LogP contribution is 2.31. The topological polar surface area (TPSA) is 42.1 Å². The minimum absolute atomic E-state index is 0.0785. The van der Waals surface area contributed by atoms with E-state index >= 15 is 0 Å². The van der Waals surface area contributed by atoms with Crippen LogP contribution in [-0.4, -0.2) is 17.1 Å². The number of aromatic nitrogens is 1. The zero-order valence-electron chi connectivity index (χ0n) is 11.1. The van der Waals surface area contributed by atoms with Crippen LogP contribution in [0, 0.1) is 0 Å². The number of hydrogen-bond donors (Lipinski definition) is 1. The normalized spacial score (nSPS) is 26.2. The van der Waals surface area contributed by atoms with Crippen molar-refractivity contribution in [1.29, 1.82) is 0 Å². The first-order chi connectivity index (χ1) is 8.13. The Morgan fingerprint density at radius 3 is 2.94 bits per heavy atom. The Labute approximate surface area is 104 Å². The molecule has 0 aromatic carbocycles. The number of anilines is 1. The molecule has 94 valence electrons. The number of rotatable bonds is 3. The van der Waals surface area contributed by atoms with Gasteiger partial charge in [0.1, 0.15) is 5.82 Å². The molecular weight excluding hydrogens is 210 g/mol. The Morgan fingerprint density at radius 1 is 1.53 bits per heavy atom. The molecule has 2 N–H and O–H groups in total. The second-order valence-electron chi connectivity index (χ2n) is 5.13. The summed E-state index contributed by atoms with van der Waals surface area (Å²) in [7, 11) is 0. The third kappa shape index (κ3) is 2.44. The number of nitrogens with two attached hydrogens (primary N) is 1. The molecule has 2 rings (SSSR count). The van der Waals surface area contributed by atoms with E-state index in [1.54, 1.807) is 0 Å². The zero-order chi connectivity index (χ0) is 12.4. The van der Waals surface area contributed by atoms with Crippen molar-refractivity contribution in [2.75, 3.05) is 4.90 Å². The summed E-state index contributed by atoms with van der Waals surface area (Å²) in [4.78, 5) is 6.99. The lowest BCUT2D eigenvalue weighted by Crippen LogP contribution is -2.34. The lowest BCUT2D eigenvalue weighted by molar-refractivity contribution is 0.620. The van der Waals surface area contributed by atoms with Crippen LogP contribution in [0.15, 0.2) is 18.3 Å². The maximum atomic E-state index is 5.94. The molecule has 1 saturated heterocycles. The maximum Gasteiger partial charge on any atom is 0.129 e. The van der Waals surface area contributed by atoms with E-state index in [4.69, 9.17) is 5.73 Å². The summed E-state index contributed by atoms with van der Waals surface area (Å²) in [6.07, 6.45) is 5.62. The molecule has 0 saturated carbocycles. The van der Waals surface area contributed by atoms with E-state index in [0.29, 0.717) is 12.1 Å². The summed E-state index contributed by atoms with van der Waals surface area (Å²) in [5.41, 5.74) is 7.11. The van der Waals surface area contributed by atoms with Crippen molar-refractivity contribution in [2.45, 2.75) is 58.2 Å². The van der Waals surface area contributed by atoms with E-state index in [-0.39, 0.29) is 6.04 Å². The Bertz CT molecular complexity index is 375. The van der Waals surface area contributed by atoms with Gasteiger partial charge in [-0.25, -0.2) is 4.98 Å². The van der Waals surface area contributed by atoms with Gasteiger partial charge in [-0.3, -0.25) is 0 Å². The summed E-state index contributed by atoms with van der Waals surface area (Å²) in [6, 6.07) is 5.47. The fourth-order valence-corrected chi connectivity index (χ4v) is 2.74. The second-order valence-corrected chi connectivity index (χ2v) is 5.13. The first-order valence-electron chi connectivity index (χ1n) is 6.63. The van der Waals surface area contributed by atoms with Crippen LogP contribution in [0.4, 0.5) is 5.82 Å². The summed E-state index contributed by atoms with van der Waals surface area (Å²) < 4.78 is 0. The minimum atomic E-state index is 0.0785. The molecule has 2 heterocycles. The predicted molar refractivity (Wildman–Crippen MR) is 72.1 cm³/mol. The standard InChI is InChI=1S/C14H23N3/c1-4-13-6-5-10(2)17(13)14-9-12(11(3)15)7-8-16-14/h7-11,13H,4-6,15H2,1-3H3/t10?,11-,13?/m0/s1. The van der Waals surface area contributed by atoms with E-state index in [1.165, 1.54) is 24.8 Å². The number of pyridine rings is 1. The highest BCUT2D eigenvalue weighted by molar-refractivity contribution is 5.45. The first kappa shape index (κ1) is 12.4. The summed E-state index contributed by atoms with van der Waals surface area (Å²) in [6.45, 7) is 6.56. The monoisotopic (exact) mass is 233 g/mol. The molecule has 1 aromatic rings. The van der Waals surface area contributed by atoms with Gasteiger partial charge in [0.15, 0.2) is 0 Å². The Balaban J connectivity index is 2.29. The molecule has 2 unspecified atom stereocenters. The van der Waals surface area contributed by atoms with Gasteiger partial charge in [-0.2, -0.15) is 0 Å². The third-order valence-corrected chi connectivity index (χ3v) is 3.82. The molecule has 3 atom stereocenters. The van der Waals surface area contributed by atoms with Crippen LogP contribution in [0.2, 0.25) is 0 Å². The molecule has 0 spiro atoms. The van der Waals surface area contributed by atoms with Crippen molar-refractivity contribution in [1.82, 2.24) is 4.98 Å². The number of nitrogens with zero attached hydrogens (tertiary/aromatic N) is 2. The molecule has 0 aliphatic carbocycles. The van der Waals surface area contributed by atoms with E-state index in [9.17, 15) is 0 Å². The Kier molecular flexibility index (Phi) is 3.67. The summed E-state index contributed by atoms with van der Waals surface area (Å²) in [5, 5.41) is 0. The molecule has 1 fully saturated rings.